The number of hydrogen-bond acceptors (Lipinski definition) is 16. The van der Waals surface area contributed by atoms with Crippen LogP contribution < -0.4 is 21.8 Å². The van der Waals surface area contributed by atoms with Crippen molar-refractivity contribution < 1.29 is 64.3 Å². The molecule has 3 rings (SSSR count). The van der Waals surface area contributed by atoms with Crippen LogP contribution in [0.5, 0.6) is 34.5 Å². The van der Waals surface area contributed by atoms with Gasteiger partial charge in [-0.3, -0.25) is 19.2 Å². The SMILES string of the molecule is C#CC(=O)NC(CCC(=O)ONCCc1ccc(O)c(O)c1)(CCC(=O)ONCCc1ccc(O)c(O)c1)CCC(=O)ONCCc1ccc(O)c(O)c1. The molecule has 1 amide bonds. The average molecular weight is 753 g/mol. The van der Waals surface area contributed by atoms with Crippen LogP contribution in [-0.2, 0) is 53.0 Å². The van der Waals surface area contributed by atoms with E-state index >= 15 is 0 Å². The summed E-state index contributed by atoms with van der Waals surface area (Å²) >= 11 is 0. The molecule has 10 N–H and O–H groups in total. The molecule has 0 radical (unpaired) electrons. The van der Waals surface area contributed by atoms with Crippen molar-refractivity contribution in [3.05, 3.63) is 71.3 Å². The van der Waals surface area contributed by atoms with E-state index in [9.17, 15) is 49.8 Å². The molecule has 0 bridgehead atoms. The van der Waals surface area contributed by atoms with Crippen molar-refractivity contribution >= 4 is 23.8 Å². The minimum Gasteiger partial charge on any atom is -0.504 e. The van der Waals surface area contributed by atoms with Crippen LogP contribution in [0, 0.1) is 12.3 Å². The lowest BCUT2D eigenvalue weighted by Crippen LogP contribution is -2.49. The minimum absolute atomic E-state index is 0.108. The molecule has 3 aromatic carbocycles. The number of nitrogens with one attached hydrogen (secondary N) is 4. The second-order valence-electron chi connectivity index (χ2n) is 12.2. The molecule has 0 heterocycles. The lowest BCUT2D eigenvalue weighted by atomic mass is 9.83. The zero-order valence-electron chi connectivity index (χ0n) is 29.3. The van der Waals surface area contributed by atoms with Gasteiger partial charge in [0.1, 0.15) is 0 Å². The largest absolute Gasteiger partial charge is 0.504 e. The van der Waals surface area contributed by atoms with Crippen molar-refractivity contribution in [1.82, 2.24) is 21.8 Å². The van der Waals surface area contributed by atoms with Crippen LogP contribution in [-0.4, -0.2) is 79.6 Å². The van der Waals surface area contributed by atoms with E-state index in [4.69, 9.17) is 20.9 Å². The molecule has 54 heavy (non-hydrogen) atoms. The standard InChI is InChI=1S/C37H44N4O13/c1-2-33(48)41-37(15-9-34(49)52-38-18-12-24-3-6-27(42)30(45)21-24,16-10-35(50)53-39-19-13-25-4-7-28(43)31(46)22-25)17-11-36(51)54-40-20-14-26-5-8-29(44)32(47)23-26/h1,3-8,21-23,38-40,42-47H,9-20H2,(H,41,48). The first-order valence-corrected chi connectivity index (χ1v) is 16.9. The summed E-state index contributed by atoms with van der Waals surface area (Å²) in [6.45, 7) is 0.483. The van der Waals surface area contributed by atoms with Gasteiger partial charge in [0.25, 0.3) is 5.91 Å². The zero-order valence-corrected chi connectivity index (χ0v) is 29.3. The Labute approximate surface area is 310 Å². The predicted octanol–water partition coefficient (Wildman–Crippen LogP) is 1.92. The number of carbonyl (C=O) groups excluding carboxylic acids is 4. The summed E-state index contributed by atoms with van der Waals surface area (Å²) in [5.74, 6) is -2.78. The number of hydroxylamine groups is 3. The summed E-state index contributed by atoms with van der Waals surface area (Å²) in [7, 11) is 0. The molecule has 17 heteroatoms. The quantitative estimate of drug-likeness (QED) is 0.0231. The Hall–Kier alpha value is -6.22. The van der Waals surface area contributed by atoms with Gasteiger partial charge >= 0.3 is 17.9 Å². The van der Waals surface area contributed by atoms with Gasteiger partial charge in [-0.2, -0.15) is 16.4 Å². The van der Waals surface area contributed by atoms with Gasteiger partial charge in [-0.1, -0.05) is 18.2 Å². The highest BCUT2D eigenvalue weighted by molar-refractivity contribution is 5.93. The molecule has 0 aromatic heterocycles. The van der Waals surface area contributed by atoms with Crippen LogP contribution in [0.25, 0.3) is 0 Å². The van der Waals surface area contributed by atoms with E-state index in [1.807, 2.05) is 5.92 Å². The average Bonchev–Trinajstić information content (AvgIpc) is 3.15. The molecule has 17 nitrogen and oxygen atoms in total. The van der Waals surface area contributed by atoms with Crippen molar-refractivity contribution in [3.63, 3.8) is 0 Å². The first kappa shape index (κ1) is 42.2. The normalized spacial score (nSPS) is 10.9. The highest BCUT2D eigenvalue weighted by Gasteiger charge is 2.34. The fourth-order valence-electron chi connectivity index (χ4n) is 5.17. The van der Waals surface area contributed by atoms with E-state index < -0.39 is 29.4 Å². The molecule has 3 aromatic rings. The van der Waals surface area contributed by atoms with Crippen molar-refractivity contribution in [1.29, 1.82) is 0 Å². The number of benzene rings is 3. The van der Waals surface area contributed by atoms with Crippen molar-refractivity contribution in [3.8, 4) is 46.8 Å². The molecule has 0 aliphatic rings. The van der Waals surface area contributed by atoms with Gasteiger partial charge in [-0.05, 0) is 97.5 Å². The maximum absolute atomic E-state index is 12.7. The fraction of sp³-hybridized carbons (Fsp3) is 0.351. The van der Waals surface area contributed by atoms with E-state index in [1.165, 1.54) is 36.4 Å². The Morgan fingerprint density at radius 1 is 0.537 bits per heavy atom. The maximum Gasteiger partial charge on any atom is 0.324 e. The Kier molecular flexibility index (Phi) is 16.7. The Balaban J connectivity index is 1.58. The molecular weight excluding hydrogens is 708 g/mol. The number of terminal acetylenes is 1. The Morgan fingerprint density at radius 2 is 0.852 bits per heavy atom. The van der Waals surface area contributed by atoms with E-state index in [-0.39, 0.29) is 92.7 Å². The van der Waals surface area contributed by atoms with Crippen molar-refractivity contribution in [2.75, 3.05) is 19.6 Å². The van der Waals surface area contributed by atoms with Gasteiger partial charge in [0, 0.05) is 44.4 Å². The molecule has 0 unspecified atom stereocenters. The summed E-state index contributed by atoms with van der Waals surface area (Å²) in [5, 5.41) is 60.0. The molecule has 0 aliphatic heterocycles. The molecule has 0 atom stereocenters. The Morgan fingerprint density at radius 3 is 1.13 bits per heavy atom. The van der Waals surface area contributed by atoms with Crippen LogP contribution in [0.1, 0.15) is 55.2 Å². The summed E-state index contributed by atoms with van der Waals surface area (Å²) in [6, 6.07) is 12.8. The number of phenolic OH excluding ortho intramolecular Hbond substituents is 6. The smallest absolute Gasteiger partial charge is 0.324 e. The van der Waals surface area contributed by atoms with Crippen LogP contribution in [0.4, 0.5) is 0 Å². The van der Waals surface area contributed by atoms with E-state index in [2.05, 4.69) is 21.8 Å². The fourth-order valence-corrected chi connectivity index (χ4v) is 5.17. The van der Waals surface area contributed by atoms with E-state index in [1.54, 1.807) is 18.2 Å². The van der Waals surface area contributed by atoms with E-state index in [0.29, 0.717) is 36.0 Å². The molecule has 0 fully saturated rings. The highest BCUT2D eigenvalue weighted by Crippen LogP contribution is 2.28. The molecule has 0 spiro atoms. The summed E-state index contributed by atoms with van der Waals surface area (Å²) in [5.41, 5.74) is 8.15. The number of carbonyl (C=O) groups is 4. The summed E-state index contributed by atoms with van der Waals surface area (Å²) in [4.78, 5) is 66.0. The molecular formula is C37H44N4O13. The first-order chi connectivity index (χ1) is 25.8. The lowest BCUT2D eigenvalue weighted by molar-refractivity contribution is -0.152. The second-order valence-corrected chi connectivity index (χ2v) is 12.2. The van der Waals surface area contributed by atoms with Crippen LogP contribution in [0.2, 0.25) is 0 Å². The zero-order chi connectivity index (χ0) is 39.5. The third kappa shape index (κ3) is 14.8. The van der Waals surface area contributed by atoms with Crippen molar-refractivity contribution in [2.45, 2.75) is 63.3 Å². The number of amides is 1. The highest BCUT2D eigenvalue weighted by atomic mass is 16.7. The molecule has 0 saturated heterocycles. The van der Waals surface area contributed by atoms with Gasteiger partial charge in [0.05, 0.1) is 0 Å². The van der Waals surface area contributed by atoms with Crippen LogP contribution in [0.15, 0.2) is 54.6 Å². The topological polar surface area (TPSA) is 265 Å². The van der Waals surface area contributed by atoms with Crippen LogP contribution >= 0.6 is 0 Å². The van der Waals surface area contributed by atoms with Crippen molar-refractivity contribution in [2.24, 2.45) is 0 Å². The van der Waals surface area contributed by atoms with Gasteiger partial charge in [0.15, 0.2) is 34.5 Å². The first-order valence-electron chi connectivity index (χ1n) is 16.9. The maximum atomic E-state index is 12.7. The molecule has 290 valence electrons. The van der Waals surface area contributed by atoms with E-state index in [0.717, 1.165) is 0 Å². The number of aromatic hydroxyl groups is 6. The van der Waals surface area contributed by atoms with Gasteiger partial charge in [0.2, 0.25) is 0 Å². The van der Waals surface area contributed by atoms with Gasteiger partial charge < -0.3 is 50.5 Å². The molecule has 0 aliphatic carbocycles. The third-order valence-electron chi connectivity index (χ3n) is 8.16. The monoisotopic (exact) mass is 752 g/mol. The number of hydrogen-bond donors (Lipinski definition) is 10. The number of phenols is 6. The second kappa shape index (κ2) is 21.3. The third-order valence-corrected chi connectivity index (χ3v) is 8.16. The number of rotatable bonds is 22. The van der Waals surface area contributed by atoms with Crippen LogP contribution in [0.3, 0.4) is 0 Å². The lowest BCUT2D eigenvalue weighted by Gasteiger charge is -2.34. The van der Waals surface area contributed by atoms with Gasteiger partial charge in [-0.25, -0.2) is 0 Å². The summed E-state index contributed by atoms with van der Waals surface area (Å²) < 4.78 is 0. The predicted molar refractivity (Wildman–Crippen MR) is 190 cm³/mol. The summed E-state index contributed by atoms with van der Waals surface area (Å²) in [6.07, 6.45) is 5.18. The minimum atomic E-state index is -1.38. The van der Waals surface area contributed by atoms with Gasteiger partial charge in [-0.15, -0.1) is 6.42 Å². The Bertz CT molecular complexity index is 1610. The molecule has 0 saturated carbocycles.